The average molecular weight is 219 g/mol. The summed E-state index contributed by atoms with van der Waals surface area (Å²) in [6.07, 6.45) is -4.30. The van der Waals surface area contributed by atoms with Gasteiger partial charge in [0.25, 0.3) is 0 Å². The van der Waals surface area contributed by atoms with Crippen LogP contribution in [0.15, 0.2) is 24.3 Å². The highest BCUT2D eigenvalue weighted by molar-refractivity contribution is 5.49. The third kappa shape index (κ3) is 4.10. The van der Waals surface area contributed by atoms with Crippen molar-refractivity contribution in [2.45, 2.75) is 6.18 Å². The fraction of sp³-hybridized carbons (Fsp3) is 0.400. The summed E-state index contributed by atoms with van der Waals surface area (Å²) in [5.74, 6) is 0.221. The second-order valence-electron chi connectivity index (χ2n) is 3.30. The molecular formula is C10H12F3NO. The zero-order valence-corrected chi connectivity index (χ0v) is 8.51. The summed E-state index contributed by atoms with van der Waals surface area (Å²) in [7, 11) is 3.62. The molecule has 0 radical (unpaired) electrons. The lowest BCUT2D eigenvalue weighted by Crippen LogP contribution is -2.19. The minimum absolute atomic E-state index is 0.221. The lowest BCUT2D eigenvalue weighted by molar-refractivity contribution is -0.153. The molecule has 0 fully saturated rings. The Morgan fingerprint density at radius 3 is 2.47 bits per heavy atom. The van der Waals surface area contributed by atoms with Gasteiger partial charge in [-0.25, -0.2) is 0 Å². The standard InChI is InChI=1S/C10H12F3NO/c1-14(2)8-4-3-5-9(6-8)15-7-10(11,12)13/h3-6H,7H2,1-2H3. The molecule has 0 amide bonds. The van der Waals surface area contributed by atoms with Crippen molar-refractivity contribution in [1.29, 1.82) is 0 Å². The Bertz CT molecular complexity index is 323. The van der Waals surface area contributed by atoms with Gasteiger partial charge in [0.05, 0.1) is 0 Å². The van der Waals surface area contributed by atoms with E-state index in [1.807, 2.05) is 14.1 Å². The molecule has 0 aromatic heterocycles. The first-order chi connectivity index (χ1) is 6.88. The molecule has 0 aliphatic heterocycles. The van der Waals surface area contributed by atoms with Crippen LogP contribution in [0.25, 0.3) is 0 Å². The van der Waals surface area contributed by atoms with Gasteiger partial charge in [0, 0.05) is 25.8 Å². The largest absolute Gasteiger partial charge is 0.484 e. The molecule has 1 aromatic rings. The van der Waals surface area contributed by atoms with Crippen molar-refractivity contribution in [1.82, 2.24) is 0 Å². The maximum absolute atomic E-state index is 11.9. The summed E-state index contributed by atoms with van der Waals surface area (Å²) < 4.78 is 40.2. The number of nitrogens with zero attached hydrogens (tertiary/aromatic N) is 1. The first kappa shape index (κ1) is 11.7. The number of anilines is 1. The number of benzene rings is 1. The molecule has 0 bridgehead atoms. The fourth-order valence-electron chi connectivity index (χ4n) is 1.02. The van der Waals surface area contributed by atoms with Crippen molar-refractivity contribution >= 4 is 5.69 Å². The van der Waals surface area contributed by atoms with Crippen LogP contribution < -0.4 is 9.64 Å². The Morgan fingerprint density at radius 1 is 1.27 bits per heavy atom. The van der Waals surface area contributed by atoms with Gasteiger partial charge in [-0.1, -0.05) is 6.07 Å². The van der Waals surface area contributed by atoms with E-state index >= 15 is 0 Å². The Balaban J connectivity index is 2.66. The van der Waals surface area contributed by atoms with E-state index in [-0.39, 0.29) is 5.75 Å². The maximum atomic E-state index is 11.9. The first-order valence-electron chi connectivity index (χ1n) is 4.35. The van der Waals surface area contributed by atoms with Crippen LogP contribution in [0.2, 0.25) is 0 Å². The highest BCUT2D eigenvalue weighted by Crippen LogP contribution is 2.22. The van der Waals surface area contributed by atoms with E-state index in [0.717, 1.165) is 5.69 Å². The predicted molar refractivity (Wildman–Crippen MR) is 52.3 cm³/mol. The van der Waals surface area contributed by atoms with Crippen LogP contribution in [0.5, 0.6) is 5.75 Å². The number of alkyl halides is 3. The molecule has 0 saturated carbocycles. The number of hydrogen-bond donors (Lipinski definition) is 0. The topological polar surface area (TPSA) is 12.5 Å². The zero-order chi connectivity index (χ0) is 11.5. The first-order valence-corrected chi connectivity index (χ1v) is 4.35. The summed E-state index contributed by atoms with van der Waals surface area (Å²) in [5.41, 5.74) is 0.801. The number of halogens is 3. The number of ether oxygens (including phenoxy) is 1. The van der Waals surface area contributed by atoms with Crippen LogP contribution in [0.4, 0.5) is 18.9 Å². The molecule has 84 valence electrons. The van der Waals surface area contributed by atoms with Gasteiger partial charge in [-0.15, -0.1) is 0 Å². The van der Waals surface area contributed by atoms with Crippen molar-refractivity contribution in [2.75, 3.05) is 25.6 Å². The van der Waals surface area contributed by atoms with E-state index in [0.29, 0.717) is 0 Å². The summed E-state index contributed by atoms with van der Waals surface area (Å²) in [6.45, 7) is -1.26. The highest BCUT2D eigenvalue weighted by atomic mass is 19.4. The van der Waals surface area contributed by atoms with Crippen molar-refractivity contribution in [3.05, 3.63) is 24.3 Å². The van der Waals surface area contributed by atoms with E-state index in [9.17, 15) is 13.2 Å². The van der Waals surface area contributed by atoms with Gasteiger partial charge in [-0.05, 0) is 12.1 Å². The Morgan fingerprint density at radius 2 is 1.93 bits per heavy atom. The second-order valence-corrected chi connectivity index (χ2v) is 3.30. The summed E-state index contributed by atoms with van der Waals surface area (Å²) in [6, 6.07) is 6.51. The van der Waals surface area contributed by atoms with Crippen LogP contribution in [-0.4, -0.2) is 26.9 Å². The molecule has 2 nitrogen and oxygen atoms in total. The van der Waals surface area contributed by atoms with Crippen molar-refractivity contribution in [3.8, 4) is 5.75 Å². The SMILES string of the molecule is CN(C)c1cccc(OCC(F)(F)F)c1. The monoisotopic (exact) mass is 219 g/mol. The molecule has 0 unspecified atom stereocenters. The van der Waals surface area contributed by atoms with Crippen molar-refractivity contribution in [3.63, 3.8) is 0 Å². The van der Waals surface area contributed by atoms with Gasteiger partial charge in [-0.3, -0.25) is 0 Å². The molecule has 0 atom stereocenters. The van der Waals surface area contributed by atoms with E-state index in [4.69, 9.17) is 0 Å². The second kappa shape index (κ2) is 4.42. The summed E-state index contributed by atoms with van der Waals surface area (Å²) in [4.78, 5) is 1.79. The minimum atomic E-state index is -4.30. The van der Waals surface area contributed by atoms with Gasteiger partial charge in [0.15, 0.2) is 6.61 Å². The minimum Gasteiger partial charge on any atom is -0.484 e. The van der Waals surface area contributed by atoms with Gasteiger partial charge in [0.2, 0.25) is 0 Å². The van der Waals surface area contributed by atoms with Crippen LogP contribution in [0.3, 0.4) is 0 Å². The molecule has 0 heterocycles. The quantitative estimate of drug-likeness (QED) is 0.775. The highest BCUT2D eigenvalue weighted by Gasteiger charge is 2.28. The molecule has 5 heteroatoms. The third-order valence-corrected chi connectivity index (χ3v) is 1.74. The van der Waals surface area contributed by atoms with Gasteiger partial charge < -0.3 is 9.64 Å². The molecule has 0 aliphatic rings. The van der Waals surface area contributed by atoms with Gasteiger partial charge >= 0.3 is 6.18 Å². The molecule has 1 rings (SSSR count). The third-order valence-electron chi connectivity index (χ3n) is 1.74. The Kier molecular flexibility index (Phi) is 3.44. The number of hydrogen-bond acceptors (Lipinski definition) is 2. The van der Waals surface area contributed by atoms with Crippen molar-refractivity contribution < 1.29 is 17.9 Å². The lowest BCUT2D eigenvalue weighted by atomic mass is 10.3. The Hall–Kier alpha value is -1.39. The van der Waals surface area contributed by atoms with Gasteiger partial charge in [-0.2, -0.15) is 13.2 Å². The van der Waals surface area contributed by atoms with E-state index in [2.05, 4.69) is 4.74 Å². The average Bonchev–Trinajstić information content (AvgIpc) is 2.14. The van der Waals surface area contributed by atoms with E-state index in [1.54, 1.807) is 23.1 Å². The molecule has 0 saturated heterocycles. The fourth-order valence-corrected chi connectivity index (χ4v) is 1.02. The molecule has 0 aliphatic carbocycles. The van der Waals surface area contributed by atoms with Crippen LogP contribution in [0, 0.1) is 0 Å². The lowest BCUT2D eigenvalue weighted by Gasteiger charge is -2.14. The molecule has 15 heavy (non-hydrogen) atoms. The predicted octanol–water partition coefficient (Wildman–Crippen LogP) is 2.69. The maximum Gasteiger partial charge on any atom is 0.422 e. The summed E-state index contributed by atoms with van der Waals surface area (Å²) in [5, 5.41) is 0. The normalized spacial score (nSPS) is 11.3. The molecule has 1 aromatic carbocycles. The van der Waals surface area contributed by atoms with Crippen LogP contribution >= 0.6 is 0 Å². The Labute approximate surface area is 86.3 Å². The van der Waals surface area contributed by atoms with Crippen LogP contribution in [0.1, 0.15) is 0 Å². The van der Waals surface area contributed by atoms with E-state index < -0.39 is 12.8 Å². The van der Waals surface area contributed by atoms with E-state index in [1.165, 1.54) is 6.07 Å². The number of rotatable bonds is 3. The molecule has 0 spiro atoms. The smallest absolute Gasteiger partial charge is 0.422 e. The van der Waals surface area contributed by atoms with Crippen LogP contribution in [-0.2, 0) is 0 Å². The van der Waals surface area contributed by atoms with Gasteiger partial charge in [0.1, 0.15) is 5.75 Å². The summed E-state index contributed by atoms with van der Waals surface area (Å²) >= 11 is 0. The molecular weight excluding hydrogens is 207 g/mol. The van der Waals surface area contributed by atoms with Crippen molar-refractivity contribution in [2.24, 2.45) is 0 Å². The molecule has 0 N–H and O–H groups in total. The zero-order valence-electron chi connectivity index (χ0n) is 8.51.